The number of H-pyrrole nitrogens is 1. The van der Waals surface area contributed by atoms with Crippen molar-refractivity contribution < 1.29 is 8.42 Å². The Morgan fingerprint density at radius 3 is 2.85 bits per heavy atom. The Morgan fingerprint density at radius 2 is 2.07 bits per heavy atom. The molecule has 1 aliphatic heterocycles. The first kappa shape index (κ1) is 16.6. The highest BCUT2D eigenvalue weighted by Crippen LogP contribution is 2.32. The Labute approximate surface area is 159 Å². The summed E-state index contributed by atoms with van der Waals surface area (Å²) < 4.78 is 29.0. The van der Waals surface area contributed by atoms with E-state index < -0.39 is 10.0 Å². The highest BCUT2D eigenvalue weighted by Gasteiger charge is 2.38. The maximum Gasteiger partial charge on any atom is 0.252 e. The lowest BCUT2D eigenvalue weighted by Gasteiger charge is -2.37. The van der Waals surface area contributed by atoms with E-state index in [1.54, 1.807) is 12.3 Å². The number of sulfonamides is 1. The van der Waals surface area contributed by atoms with E-state index in [9.17, 15) is 8.42 Å². The maximum absolute atomic E-state index is 12.6. The van der Waals surface area contributed by atoms with Gasteiger partial charge < -0.3 is 4.98 Å². The molecule has 0 spiro atoms. The lowest BCUT2D eigenvalue weighted by Crippen LogP contribution is -2.50. The number of fused-ring (bicyclic) bond motifs is 1. The summed E-state index contributed by atoms with van der Waals surface area (Å²) in [6, 6.07) is 5.46. The van der Waals surface area contributed by atoms with Crippen LogP contribution >= 0.6 is 11.3 Å². The van der Waals surface area contributed by atoms with Crippen molar-refractivity contribution >= 4 is 32.4 Å². The fraction of sp³-hybridized carbons (Fsp3) is 0.235. The van der Waals surface area contributed by atoms with Crippen molar-refractivity contribution in [3.05, 3.63) is 48.0 Å². The summed E-state index contributed by atoms with van der Waals surface area (Å²) in [4.78, 5) is 12.6. The third-order valence-electron chi connectivity index (χ3n) is 4.74. The Hall–Kier alpha value is -2.56. The van der Waals surface area contributed by atoms with Crippen LogP contribution in [-0.2, 0) is 10.0 Å². The Morgan fingerprint density at radius 1 is 1.22 bits per heavy atom. The first-order valence-corrected chi connectivity index (χ1v) is 10.7. The zero-order valence-electron chi connectivity index (χ0n) is 14.4. The minimum absolute atomic E-state index is 0.0261. The first-order valence-electron chi connectivity index (χ1n) is 8.41. The van der Waals surface area contributed by atoms with Crippen LogP contribution in [0.25, 0.3) is 22.3 Å². The molecule has 0 atom stereocenters. The Balaban J connectivity index is 1.36. The smallest absolute Gasteiger partial charge is 0.252 e. The van der Waals surface area contributed by atoms with Gasteiger partial charge in [0.25, 0.3) is 10.0 Å². The molecule has 0 saturated carbocycles. The number of aromatic amines is 1. The van der Waals surface area contributed by atoms with Crippen LogP contribution in [0.5, 0.6) is 0 Å². The number of aromatic nitrogens is 5. The van der Waals surface area contributed by atoms with Gasteiger partial charge in [0, 0.05) is 41.3 Å². The van der Waals surface area contributed by atoms with Crippen LogP contribution in [-0.4, -0.2) is 50.5 Å². The topological polar surface area (TPSA) is 96.8 Å². The lowest BCUT2D eigenvalue weighted by molar-refractivity contribution is 0.191. The van der Waals surface area contributed by atoms with E-state index in [1.165, 1.54) is 22.0 Å². The molecule has 1 saturated heterocycles. The highest BCUT2D eigenvalue weighted by atomic mass is 32.2. The molecule has 0 aliphatic carbocycles. The van der Waals surface area contributed by atoms with Crippen LogP contribution in [0.2, 0.25) is 0 Å². The van der Waals surface area contributed by atoms with E-state index in [0.29, 0.717) is 17.3 Å². The third-order valence-corrected chi connectivity index (χ3v) is 8.04. The SMILES string of the molecule is Cc1ccc(S(=O)(=O)N2CC(n3cc(-c4ncnc5[nH]ccc45)cn3)C2)s1. The molecular formula is C17H16N6O2S2. The fourth-order valence-corrected chi connectivity index (χ4v) is 6.17. The second-order valence-corrected chi connectivity index (χ2v) is 9.96. The van der Waals surface area contributed by atoms with Crippen LogP contribution in [0.4, 0.5) is 0 Å². The van der Waals surface area contributed by atoms with Crippen molar-refractivity contribution in [1.82, 2.24) is 29.0 Å². The minimum Gasteiger partial charge on any atom is -0.346 e. The molecule has 0 amide bonds. The van der Waals surface area contributed by atoms with Gasteiger partial charge >= 0.3 is 0 Å². The van der Waals surface area contributed by atoms with Gasteiger partial charge in [-0.25, -0.2) is 18.4 Å². The summed E-state index contributed by atoms with van der Waals surface area (Å²) in [6.45, 7) is 2.75. The summed E-state index contributed by atoms with van der Waals surface area (Å²) in [5, 5.41) is 5.36. The molecule has 1 aliphatic rings. The van der Waals surface area contributed by atoms with Gasteiger partial charge in [-0.05, 0) is 25.1 Å². The summed E-state index contributed by atoms with van der Waals surface area (Å²) in [5.41, 5.74) is 2.47. The lowest BCUT2D eigenvalue weighted by atomic mass is 10.1. The van der Waals surface area contributed by atoms with Crippen LogP contribution in [0, 0.1) is 6.92 Å². The van der Waals surface area contributed by atoms with Gasteiger partial charge in [0.2, 0.25) is 0 Å². The van der Waals surface area contributed by atoms with Gasteiger partial charge in [0.1, 0.15) is 16.2 Å². The number of hydrogen-bond donors (Lipinski definition) is 1. The molecule has 5 heterocycles. The van der Waals surface area contributed by atoms with Crippen molar-refractivity contribution in [2.75, 3.05) is 13.1 Å². The number of rotatable bonds is 4. The third kappa shape index (κ3) is 2.68. The molecule has 0 aromatic carbocycles. The van der Waals surface area contributed by atoms with Crippen LogP contribution < -0.4 is 0 Å². The molecule has 138 valence electrons. The van der Waals surface area contributed by atoms with E-state index >= 15 is 0 Å². The monoisotopic (exact) mass is 400 g/mol. The number of nitrogens with zero attached hydrogens (tertiary/aromatic N) is 5. The van der Waals surface area contributed by atoms with Gasteiger partial charge in [-0.15, -0.1) is 11.3 Å². The second kappa shape index (κ2) is 5.98. The number of nitrogens with one attached hydrogen (secondary N) is 1. The normalized spacial score (nSPS) is 16.0. The van der Waals surface area contributed by atoms with E-state index in [4.69, 9.17) is 0 Å². The fourth-order valence-electron chi connectivity index (χ4n) is 3.22. The summed E-state index contributed by atoms with van der Waals surface area (Å²) in [7, 11) is -3.40. The van der Waals surface area contributed by atoms with Gasteiger partial charge in [-0.2, -0.15) is 9.40 Å². The first-order chi connectivity index (χ1) is 13.0. The molecule has 4 aromatic heterocycles. The predicted octanol–water partition coefficient (Wildman–Crippen LogP) is 2.44. The van der Waals surface area contributed by atoms with Crippen LogP contribution in [0.3, 0.4) is 0 Å². The largest absolute Gasteiger partial charge is 0.346 e. The molecule has 10 heteroatoms. The molecular weight excluding hydrogens is 384 g/mol. The zero-order chi connectivity index (χ0) is 18.6. The van der Waals surface area contributed by atoms with Crippen LogP contribution in [0.1, 0.15) is 10.9 Å². The summed E-state index contributed by atoms with van der Waals surface area (Å²) >= 11 is 1.30. The van der Waals surface area contributed by atoms with Crippen molar-refractivity contribution in [2.45, 2.75) is 17.2 Å². The van der Waals surface area contributed by atoms with E-state index in [1.807, 2.05) is 36.1 Å². The van der Waals surface area contributed by atoms with E-state index in [0.717, 1.165) is 27.2 Å². The van der Waals surface area contributed by atoms with Crippen molar-refractivity contribution in [3.8, 4) is 11.3 Å². The number of aryl methyl sites for hydroxylation is 1. The van der Waals surface area contributed by atoms with Crippen molar-refractivity contribution in [2.24, 2.45) is 0 Å². The van der Waals surface area contributed by atoms with Crippen LogP contribution in [0.15, 0.2) is 47.3 Å². The molecule has 0 radical (unpaired) electrons. The molecule has 4 aromatic rings. The van der Waals surface area contributed by atoms with Gasteiger partial charge in [0.05, 0.1) is 17.9 Å². The Bertz CT molecular complexity index is 1230. The predicted molar refractivity (Wildman–Crippen MR) is 102 cm³/mol. The summed E-state index contributed by atoms with van der Waals surface area (Å²) in [6.07, 6.45) is 7.02. The molecule has 5 rings (SSSR count). The minimum atomic E-state index is -3.40. The van der Waals surface area contributed by atoms with Crippen molar-refractivity contribution in [3.63, 3.8) is 0 Å². The van der Waals surface area contributed by atoms with Gasteiger partial charge in [-0.3, -0.25) is 4.68 Å². The zero-order valence-corrected chi connectivity index (χ0v) is 16.0. The van der Waals surface area contributed by atoms with E-state index in [-0.39, 0.29) is 6.04 Å². The quantitative estimate of drug-likeness (QED) is 0.567. The molecule has 0 unspecified atom stereocenters. The highest BCUT2D eigenvalue weighted by molar-refractivity contribution is 7.91. The average Bonchev–Trinajstić information content (AvgIpc) is 3.32. The standard InChI is InChI=1S/C17H16N6O2S2/c1-11-2-3-15(26-11)27(24,25)22-8-13(9-22)23-7-12(6-21-23)16-14-4-5-18-17(14)20-10-19-16/h2-7,10,13H,8-9H2,1H3,(H,18,19,20). The Kier molecular flexibility index (Phi) is 3.67. The molecule has 1 N–H and O–H groups in total. The molecule has 27 heavy (non-hydrogen) atoms. The number of hydrogen-bond acceptors (Lipinski definition) is 6. The average molecular weight is 400 g/mol. The maximum atomic E-state index is 12.6. The number of thiophene rings is 1. The van der Waals surface area contributed by atoms with Gasteiger partial charge in [0.15, 0.2) is 0 Å². The van der Waals surface area contributed by atoms with E-state index in [2.05, 4.69) is 20.1 Å². The summed E-state index contributed by atoms with van der Waals surface area (Å²) in [5.74, 6) is 0. The van der Waals surface area contributed by atoms with Crippen molar-refractivity contribution in [1.29, 1.82) is 0 Å². The van der Waals surface area contributed by atoms with Gasteiger partial charge in [-0.1, -0.05) is 0 Å². The second-order valence-electron chi connectivity index (χ2n) is 6.51. The molecule has 8 nitrogen and oxygen atoms in total. The molecule has 1 fully saturated rings. The molecule has 0 bridgehead atoms.